The van der Waals surface area contributed by atoms with Gasteiger partial charge in [-0.05, 0) is 37.0 Å². The van der Waals surface area contributed by atoms with Crippen molar-refractivity contribution in [3.8, 4) is 0 Å². The summed E-state index contributed by atoms with van der Waals surface area (Å²) in [5.41, 5.74) is 3.11. The SMILES string of the molecule is Cc1ccc(Cl)c2c1CCCC2=O. The zero-order valence-electron chi connectivity index (χ0n) is 7.56. The maximum Gasteiger partial charge on any atom is 0.164 e. The third-order valence-corrected chi connectivity index (χ3v) is 2.92. The van der Waals surface area contributed by atoms with Gasteiger partial charge in [-0.1, -0.05) is 17.7 Å². The molecule has 1 aromatic rings. The minimum absolute atomic E-state index is 0.204. The first kappa shape index (κ1) is 8.76. The van der Waals surface area contributed by atoms with E-state index in [0.717, 1.165) is 24.0 Å². The summed E-state index contributed by atoms with van der Waals surface area (Å²) in [6.45, 7) is 2.04. The Balaban J connectivity index is 2.67. The second-order valence-corrected chi connectivity index (χ2v) is 3.90. The van der Waals surface area contributed by atoms with Crippen LogP contribution in [0.25, 0.3) is 0 Å². The zero-order valence-corrected chi connectivity index (χ0v) is 8.32. The average Bonchev–Trinajstić information content (AvgIpc) is 2.12. The molecule has 13 heavy (non-hydrogen) atoms. The van der Waals surface area contributed by atoms with Gasteiger partial charge < -0.3 is 0 Å². The summed E-state index contributed by atoms with van der Waals surface area (Å²) >= 11 is 5.99. The Morgan fingerprint density at radius 3 is 2.77 bits per heavy atom. The molecule has 0 unspecified atom stereocenters. The second-order valence-electron chi connectivity index (χ2n) is 3.49. The molecule has 68 valence electrons. The lowest BCUT2D eigenvalue weighted by atomic mass is 9.88. The Kier molecular flexibility index (Phi) is 2.12. The van der Waals surface area contributed by atoms with Crippen LogP contribution in [0.2, 0.25) is 5.02 Å². The molecule has 0 saturated heterocycles. The van der Waals surface area contributed by atoms with Crippen LogP contribution in [0.3, 0.4) is 0 Å². The average molecular weight is 195 g/mol. The third kappa shape index (κ3) is 1.37. The van der Waals surface area contributed by atoms with E-state index >= 15 is 0 Å². The van der Waals surface area contributed by atoms with Gasteiger partial charge in [-0.2, -0.15) is 0 Å². The van der Waals surface area contributed by atoms with Gasteiger partial charge in [-0.25, -0.2) is 0 Å². The van der Waals surface area contributed by atoms with Gasteiger partial charge in [-0.15, -0.1) is 0 Å². The molecule has 0 saturated carbocycles. The fourth-order valence-electron chi connectivity index (χ4n) is 1.90. The van der Waals surface area contributed by atoms with Gasteiger partial charge in [-0.3, -0.25) is 4.79 Å². The molecule has 2 heteroatoms. The molecule has 0 aromatic heterocycles. The molecule has 0 radical (unpaired) electrons. The number of carbonyl (C=O) groups excluding carboxylic acids is 1. The molecule has 1 nitrogen and oxygen atoms in total. The Morgan fingerprint density at radius 2 is 2.08 bits per heavy atom. The van der Waals surface area contributed by atoms with Crippen molar-refractivity contribution in [2.24, 2.45) is 0 Å². The molecule has 1 aromatic carbocycles. The smallest absolute Gasteiger partial charge is 0.164 e. The number of halogens is 1. The number of carbonyl (C=O) groups is 1. The number of benzene rings is 1. The molecule has 0 atom stereocenters. The van der Waals surface area contributed by atoms with Gasteiger partial charge in [0.2, 0.25) is 0 Å². The number of ketones is 1. The maximum atomic E-state index is 11.6. The van der Waals surface area contributed by atoms with Crippen LogP contribution in [0, 0.1) is 6.92 Å². The van der Waals surface area contributed by atoms with Gasteiger partial charge >= 0.3 is 0 Å². The monoisotopic (exact) mass is 194 g/mol. The summed E-state index contributed by atoms with van der Waals surface area (Å²) < 4.78 is 0. The van der Waals surface area contributed by atoms with E-state index in [0.29, 0.717) is 11.4 Å². The van der Waals surface area contributed by atoms with Gasteiger partial charge in [0.25, 0.3) is 0 Å². The number of rotatable bonds is 0. The number of Topliss-reactive ketones (excluding diaryl/α,β-unsaturated/α-hetero) is 1. The molecule has 1 aliphatic carbocycles. The van der Waals surface area contributed by atoms with Crippen molar-refractivity contribution in [2.45, 2.75) is 26.2 Å². The topological polar surface area (TPSA) is 17.1 Å². The lowest BCUT2D eigenvalue weighted by Gasteiger charge is -2.17. The van der Waals surface area contributed by atoms with Crippen LogP contribution < -0.4 is 0 Å². The fraction of sp³-hybridized carbons (Fsp3) is 0.364. The second kappa shape index (κ2) is 3.15. The number of hydrogen-bond donors (Lipinski definition) is 0. The van der Waals surface area contributed by atoms with Crippen molar-refractivity contribution in [2.75, 3.05) is 0 Å². The molecule has 0 aliphatic heterocycles. The van der Waals surface area contributed by atoms with Crippen LogP contribution in [-0.4, -0.2) is 5.78 Å². The van der Waals surface area contributed by atoms with Gasteiger partial charge in [0.05, 0.1) is 5.02 Å². The van der Waals surface area contributed by atoms with Gasteiger partial charge in [0, 0.05) is 12.0 Å². The van der Waals surface area contributed by atoms with Crippen LogP contribution in [-0.2, 0) is 6.42 Å². The first-order chi connectivity index (χ1) is 6.20. The highest BCUT2D eigenvalue weighted by molar-refractivity contribution is 6.34. The molecule has 0 bridgehead atoms. The number of aryl methyl sites for hydroxylation is 1. The highest BCUT2D eigenvalue weighted by Gasteiger charge is 2.21. The van der Waals surface area contributed by atoms with Crippen molar-refractivity contribution in [3.05, 3.63) is 33.8 Å². The van der Waals surface area contributed by atoms with E-state index in [1.165, 1.54) is 5.56 Å². The molecule has 1 aliphatic rings. The Hall–Kier alpha value is -0.820. The van der Waals surface area contributed by atoms with E-state index in [4.69, 9.17) is 11.6 Å². The Labute approximate surface area is 82.7 Å². The molecule has 0 N–H and O–H groups in total. The lowest BCUT2D eigenvalue weighted by Crippen LogP contribution is -2.12. The van der Waals surface area contributed by atoms with Crippen molar-refractivity contribution in [1.82, 2.24) is 0 Å². The molecular weight excluding hydrogens is 184 g/mol. The standard InChI is InChI=1S/C11H11ClO/c1-7-5-6-9(12)11-8(7)3-2-4-10(11)13/h5-6H,2-4H2,1H3. The van der Waals surface area contributed by atoms with Crippen molar-refractivity contribution < 1.29 is 4.79 Å². The zero-order chi connectivity index (χ0) is 9.42. The predicted molar refractivity (Wildman–Crippen MR) is 53.5 cm³/mol. The van der Waals surface area contributed by atoms with Gasteiger partial charge in [0.1, 0.15) is 0 Å². The quantitative estimate of drug-likeness (QED) is 0.620. The van der Waals surface area contributed by atoms with E-state index in [9.17, 15) is 4.79 Å². The minimum Gasteiger partial charge on any atom is -0.294 e. The maximum absolute atomic E-state index is 11.6. The first-order valence-corrected chi connectivity index (χ1v) is 4.89. The Morgan fingerprint density at radius 1 is 1.31 bits per heavy atom. The van der Waals surface area contributed by atoms with Crippen LogP contribution in [0.5, 0.6) is 0 Å². The van der Waals surface area contributed by atoms with Gasteiger partial charge in [0.15, 0.2) is 5.78 Å². The molecule has 0 heterocycles. The largest absolute Gasteiger partial charge is 0.294 e. The van der Waals surface area contributed by atoms with Crippen LogP contribution in [0.15, 0.2) is 12.1 Å². The van der Waals surface area contributed by atoms with E-state index < -0.39 is 0 Å². The summed E-state index contributed by atoms with van der Waals surface area (Å²) in [6, 6.07) is 3.80. The van der Waals surface area contributed by atoms with Crippen molar-refractivity contribution in [1.29, 1.82) is 0 Å². The molecule has 2 rings (SSSR count). The summed E-state index contributed by atoms with van der Waals surface area (Å²) in [5, 5.41) is 0.616. The number of fused-ring (bicyclic) bond motifs is 1. The van der Waals surface area contributed by atoms with Crippen molar-refractivity contribution >= 4 is 17.4 Å². The van der Waals surface area contributed by atoms with E-state index in [1.54, 1.807) is 0 Å². The highest BCUT2D eigenvalue weighted by Crippen LogP contribution is 2.29. The summed E-state index contributed by atoms with van der Waals surface area (Å²) in [6.07, 6.45) is 2.61. The van der Waals surface area contributed by atoms with E-state index in [-0.39, 0.29) is 5.78 Å². The highest BCUT2D eigenvalue weighted by atomic mass is 35.5. The third-order valence-electron chi connectivity index (χ3n) is 2.61. The molecule has 0 spiro atoms. The Bertz CT molecular complexity index is 369. The van der Waals surface area contributed by atoms with Crippen molar-refractivity contribution in [3.63, 3.8) is 0 Å². The predicted octanol–water partition coefficient (Wildman–Crippen LogP) is 3.17. The van der Waals surface area contributed by atoms with Crippen LogP contribution in [0.4, 0.5) is 0 Å². The summed E-state index contributed by atoms with van der Waals surface area (Å²) in [7, 11) is 0. The molecule has 0 amide bonds. The summed E-state index contributed by atoms with van der Waals surface area (Å²) in [4.78, 5) is 11.6. The van der Waals surface area contributed by atoms with E-state index in [2.05, 4.69) is 0 Å². The first-order valence-electron chi connectivity index (χ1n) is 4.51. The summed E-state index contributed by atoms with van der Waals surface area (Å²) in [5.74, 6) is 0.204. The number of hydrogen-bond acceptors (Lipinski definition) is 1. The minimum atomic E-state index is 0.204. The molecular formula is C11H11ClO. The normalized spacial score (nSPS) is 15.7. The van der Waals surface area contributed by atoms with E-state index in [1.807, 2.05) is 19.1 Å². The molecule has 0 fully saturated rings. The fourth-order valence-corrected chi connectivity index (χ4v) is 2.18. The lowest BCUT2D eigenvalue weighted by molar-refractivity contribution is 0.0972. The van der Waals surface area contributed by atoms with Crippen LogP contribution >= 0.6 is 11.6 Å². The van der Waals surface area contributed by atoms with Crippen LogP contribution in [0.1, 0.15) is 34.3 Å².